The normalized spacial score (nSPS) is 16.3. The van der Waals surface area contributed by atoms with E-state index >= 15 is 0 Å². The molecule has 0 spiro atoms. The van der Waals surface area contributed by atoms with Gasteiger partial charge in [0.2, 0.25) is 0 Å². The minimum absolute atomic E-state index is 0.663. The van der Waals surface area contributed by atoms with Crippen LogP contribution in [0.15, 0.2) is 0 Å². The molecule has 0 nitrogen and oxygen atoms in total. The lowest BCUT2D eigenvalue weighted by molar-refractivity contribution is -0.146. The van der Waals surface area contributed by atoms with Gasteiger partial charge in [-0.1, -0.05) is 22.6 Å². The van der Waals surface area contributed by atoms with Gasteiger partial charge in [-0.3, -0.25) is 0 Å². The van der Waals surface area contributed by atoms with Crippen molar-refractivity contribution >= 4 is 22.6 Å². The standard InChI is InChI=1S/C3H2F5I/c4-2(5)1(9)3(6,7)8/h1-2H. The van der Waals surface area contributed by atoms with E-state index in [2.05, 4.69) is 0 Å². The fourth-order valence-electron chi connectivity index (χ4n) is 0.143. The molecule has 0 heterocycles. The number of alkyl halides is 6. The summed E-state index contributed by atoms with van der Waals surface area (Å²) in [6.45, 7) is 0. The summed E-state index contributed by atoms with van der Waals surface area (Å²) in [5.41, 5.74) is 0. The van der Waals surface area contributed by atoms with Crippen LogP contribution in [0.2, 0.25) is 0 Å². The molecule has 0 radical (unpaired) electrons. The Kier molecular flexibility index (Phi) is 3.10. The highest BCUT2D eigenvalue weighted by molar-refractivity contribution is 14.1. The number of rotatable bonds is 1. The van der Waals surface area contributed by atoms with Crippen molar-refractivity contribution in [3.05, 3.63) is 0 Å². The second kappa shape index (κ2) is 2.98. The molecule has 0 aromatic heterocycles. The molecule has 0 rings (SSSR count). The highest BCUT2D eigenvalue weighted by Gasteiger charge is 2.43. The van der Waals surface area contributed by atoms with E-state index in [1.807, 2.05) is 0 Å². The van der Waals surface area contributed by atoms with Gasteiger partial charge in [-0.2, -0.15) is 13.2 Å². The molecule has 0 fully saturated rings. The number of hydrogen-bond acceptors (Lipinski definition) is 0. The van der Waals surface area contributed by atoms with Crippen LogP contribution in [0, 0.1) is 0 Å². The Balaban J connectivity index is 3.88. The predicted octanol–water partition coefficient (Wildman–Crippen LogP) is 2.62. The Hall–Kier alpha value is 0.380. The lowest BCUT2D eigenvalue weighted by Crippen LogP contribution is -2.29. The maximum atomic E-state index is 11.2. The quantitative estimate of drug-likeness (QED) is 0.386. The Morgan fingerprint density at radius 1 is 1.11 bits per heavy atom. The van der Waals surface area contributed by atoms with Gasteiger partial charge in [-0.05, 0) is 0 Å². The van der Waals surface area contributed by atoms with Crippen LogP contribution >= 0.6 is 22.6 Å². The van der Waals surface area contributed by atoms with Gasteiger partial charge >= 0.3 is 6.18 Å². The van der Waals surface area contributed by atoms with Crippen molar-refractivity contribution in [3.8, 4) is 0 Å². The lowest BCUT2D eigenvalue weighted by atomic mass is 10.4. The van der Waals surface area contributed by atoms with E-state index in [0.717, 1.165) is 0 Å². The predicted molar refractivity (Wildman–Crippen MR) is 29.9 cm³/mol. The minimum atomic E-state index is -4.78. The van der Waals surface area contributed by atoms with E-state index in [1.54, 1.807) is 0 Å². The van der Waals surface area contributed by atoms with Gasteiger partial charge in [0.25, 0.3) is 6.43 Å². The highest BCUT2D eigenvalue weighted by atomic mass is 127. The van der Waals surface area contributed by atoms with E-state index in [1.165, 1.54) is 0 Å². The molecule has 0 amide bonds. The van der Waals surface area contributed by atoms with Crippen LogP contribution in [0.25, 0.3) is 0 Å². The molecule has 0 aliphatic heterocycles. The molecule has 9 heavy (non-hydrogen) atoms. The van der Waals surface area contributed by atoms with Crippen molar-refractivity contribution in [1.82, 2.24) is 0 Å². The zero-order valence-electron chi connectivity index (χ0n) is 3.92. The van der Waals surface area contributed by atoms with Crippen LogP contribution in [0.5, 0.6) is 0 Å². The SMILES string of the molecule is FC(F)C(I)C(F)(F)F. The molecule has 1 atom stereocenters. The molecular formula is C3H2F5I. The van der Waals surface area contributed by atoms with Crippen molar-refractivity contribution in [3.63, 3.8) is 0 Å². The maximum Gasteiger partial charge on any atom is 0.406 e. The van der Waals surface area contributed by atoms with Crippen molar-refractivity contribution < 1.29 is 22.0 Å². The monoisotopic (exact) mass is 260 g/mol. The third-order valence-electron chi connectivity index (χ3n) is 0.534. The van der Waals surface area contributed by atoms with E-state index < -0.39 is 16.5 Å². The van der Waals surface area contributed by atoms with Gasteiger partial charge in [-0.25, -0.2) is 8.78 Å². The second-order valence-corrected chi connectivity index (χ2v) is 2.62. The van der Waals surface area contributed by atoms with E-state index in [9.17, 15) is 22.0 Å². The summed E-state index contributed by atoms with van der Waals surface area (Å²) in [6, 6.07) is 0. The van der Waals surface area contributed by atoms with Gasteiger partial charge in [0.15, 0.2) is 3.92 Å². The van der Waals surface area contributed by atoms with Crippen molar-refractivity contribution in [2.24, 2.45) is 0 Å². The third kappa shape index (κ3) is 3.17. The van der Waals surface area contributed by atoms with Gasteiger partial charge in [-0.15, -0.1) is 0 Å². The molecule has 0 aliphatic carbocycles. The van der Waals surface area contributed by atoms with Gasteiger partial charge in [0.05, 0.1) is 0 Å². The number of halogens is 6. The first-order valence-corrected chi connectivity index (χ1v) is 3.09. The average Bonchev–Trinajstić information content (AvgIpc) is 1.62. The second-order valence-electron chi connectivity index (χ2n) is 1.28. The Bertz CT molecular complexity index is 86.7. The lowest BCUT2D eigenvalue weighted by Gasteiger charge is -2.11. The summed E-state index contributed by atoms with van der Waals surface area (Å²) < 4.78 is 53.5. The summed E-state index contributed by atoms with van der Waals surface area (Å²) >= 11 is 0.663. The zero-order chi connectivity index (χ0) is 7.65. The molecule has 0 saturated heterocycles. The van der Waals surface area contributed by atoms with Gasteiger partial charge in [0.1, 0.15) is 0 Å². The van der Waals surface area contributed by atoms with Crippen molar-refractivity contribution in [2.75, 3.05) is 0 Å². The van der Waals surface area contributed by atoms with Gasteiger partial charge in [0, 0.05) is 0 Å². The Morgan fingerprint density at radius 3 is 1.44 bits per heavy atom. The first-order valence-electron chi connectivity index (χ1n) is 1.84. The third-order valence-corrected chi connectivity index (χ3v) is 1.78. The molecule has 56 valence electrons. The molecular weight excluding hydrogens is 258 g/mol. The summed E-state index contributed by atoms with van der Waals surface area (Å²) in [5, 5.41) is 0. The largest absolute Gasteiger partial charge is 0.406 e. The maximum absolute atomic E-state index is 11.2. The first kappa shape index (κ1) is 9.38. The fraction of sp³-hybridized carbons (Fsp3) is 1.00. The summed E-state index contributed by atoms with van der Waals surface area (Å²) in [5.74, 6) is 0. The van der Waals surface area contributed by atoms with Crippen molar-refractivity contribution in [2.45, 2.75) is 16.5 Å². The molecule has 0 bridgehead atoms. The van der Waals surface area contributed by atoms with E-state index in [0.29, 0.717) is 22.6 Å². The molecule has 6 heteroatoms. The molecule has 0 aliphatic rings. The molecule has 0 aromatic carbocycles. The molecule has 0 saturated carbocycles. The van der Waals surface area contributed by atoms with E-state index in [-0.39, 0.29) is 0 Å². The molecule has 0 aromatic rings. The van der Waals surface area contributed by atoms with Gasteiger partial charge < -0.3 is 0 Å². The first-order chi connectivity index (χ1) is 3.85. The van der Waals surface area contributed by atoms with Crippen molar-refractivity contribution in [1.29, 1.82) is 0 Å². The summed E-state index contributed by atoms with van der Waals surface area (Å²) in [7, 11) is 0. The van der Waals surface area contributed by atoms with Crippen LogP contribution < -0.4 is 0 Å². The van der Waals surface area contributed by atoms with Crippen LogP contribution in [-0.2, 0) is 0 Å². The number of hydrogen-bond donors (Lipinski definition) is 0. The molecule has 0 N–H and O–H groups in total. The summed E-state index contributed by atoms with van der Waals surface area (Å²) in [6.07, 6.45) is -8.11. The highest BCUT2D eigenvalue weighted by Crippen LogP contribution is 2.30. The molecule has 1 unspecified atom stereocenters. The Labute approximate surface area is 61.6 Å². The van der Waals surface area contributed by atoms with Crippen LogP contribution in [0.1, 0.15) is 0 Å². The zero-order valence-corrected chi connectivity index (χ0v) is 6.08. The fourth-order valence-corrected chi connectivity index (χ4v) is 0.143. The van der Waals surface area contributed by atoms with Crippen LogP contribution in [0.4, 0.5) is 22.0 Å². The topological polar surface area (TPSA) is 0 Å². The average molecular weight is 260 g/mol. The smallest absolute Gasteiger partial charge is 0.209 e. The summed E-state index contributed by atoms with van der Waals surface area (Å²) in [4.78, 5) is 0. The minimum Gasteiger partial charge on any atom is -0.209 e. The Morgan fingerprint density at radius 2 is 1.44 bits per heavy atom. The van der Waals surface area contributed by atoms with E-state index in [4.69, 9.17) is 0 Å². The van der Waals surface area contributed by atoms with Crippen LogP contribution in [-0.4, -0.2) is 16.5 Å². The van der Waals surface area contributed by atoms with Crippen LogP contribution in [0.3, 0.4) is 0 Å².